The largest absolute Gasteiger partial charge is 0.490 e. The number of halogens is 3. The average Bonchev–Trinajstić information content (AvgIpc) is 3.15. The molecule has 2 aliphatic rings. The second-order valence-corrected chi connectivity index (χ2v) is 6.42. The number of ether oxygens (including phenoxy) is 2. The van der Waals surface area contributed by atoms with Crippen LogP contribution in [0.4, 0.5) is 13.2 Å². The van der Waals surface area contributed by atoms with Gasteiger partial charge in [-0.25, -0.2) is 9.78 Å². The molecule has 1 aromatic heterocycles. The topological polar surface area (TPSA) is 76.8 Å². The molecule has 148 valence electrons. The number of carbonyl (C=O) groups is 1. The van der Waals surface area contributed by atoms with Crippen molar-refractivity contribution in [2.24, 2.45) is 13.0 Å². The van der Waals surface area contributed by atoms with Gasteiger partial charge in [-0.3, -0.25) is 4.90 Å². The average molecular weight is 379 g/mol. The fourth-order valence-corrected chi connectivity index (χ4v) is 3.46. The van der Waals surface area contributed by atoms with Crippen molar-refractivity contribution >= 4 is 5.97 Å². The number of rotatable bonds is 4. The number of hydrogen-bond donors (Lipinski definition) is 1. The Morgan fingerprint density at radius 2 is 2.15 bits per heavy atom. The number of carboxylic acids is 1. The van der Waals surface area contributed by atoms with Crippen LogP contribution < -0.4 is 0 Å². The first kappa shape index (κ1) is 20.7. The summed E-state index contributed by atoms with van der Waals surface area (Å²) >= 11 is 0. The molecule has 3 rings (SSSR count). The molecule has 7 nitrogen and oxygen atoms in total. The molecular formula is C16H24F3N3O4. The fourth-order valence-electron chi connectivity index (χ4n) is 3.46. The maximum absolute atomic E-state index is 10.6. The molecule has 0 bridgehead atoms. The van der Waals surface area contributed by atoms with E-state index in [-0.39, 0.29) is 0 Å². The summed E-state index contributed by atoms with van der Waals surface area (Å²) in [4.78, 5) is 15.9. The molecule has 0 aromatic carbocycles. The number of aliphatic carboxylic acids is 1. The summed E-state index contributed by atoms with van der Waals surface area (Å²) in [6, 6.07) is 0.533. The van der Waals surface area contributed by atoms with Crippen LogP contribution in [-0.4, -0.2) is 70.7 Å². The first-order chi connectivity index (χ1) is 12.2. The number of fused-ring (bicyclic) bond motifs is 1. The molecule has 1 unspecified atom stereocenters. The second kappa shape index (κ2) is 8.83. The number of nitrogens with zero attached hydrogens (tertiary/aromatic N) is 3. The van der Waals surface area contributed by atoms with E-state index < -0.39 is 12.1 Å². The molecule has 2 heterocycles. The Hall–Kier alpha value is -1.65. The molecule has 1 saturated carbocycles. The van der Waals surface area contributed by atoms with Gasteiger partial charge in [0.15, 0.2) is 0 Å². The molecule has 26 heavy (non-hydrogen) atoms. The Morgan fingerprint density at radius 1 is 1.46 bits per heavy atom. The normalized spacial score (nSPS) is 26.1. The van der Waals surface area contributed by atoms with E-state index in [2.05, 4.69) is 21.5 Å². The summed E-state index contributed by atoms with van der Waals surface area (Å²) in [6.45, 7) is 3.57. The van der Waals surface area contributed by atoms with E-state index >= 15 is 0 Å². The highest BCUT2D eigenvalue weighted by molar-refractivity contribution is 5.73. The summed E-state index contributed by atoms with van der Waals surface area (Å²) in [5.74, 6) is -1.07. The predicted octanol–water partition coefficient (Wildman–Crippen LogP) is 1.68. The third kappa shape index (κ3) is 5.18. The van der Waals surface area contributed by atoms with Crippen molar-refractivity contribution in [3.8, 4) is 0 Å². The van der Waals surface area contributed by atoms with Crippen molar-refractivity contribution in [3.05, 3.63) is 18.2 Å². The lowest BCUT2D eigenvalue weighted by Crippen LogP contribution is -2.50. The summed E-state index contributed by atoms with van der Waals surface area (Å²) < 4.78 is 45.2. The van der Waals surface area contributed by atoms with Gasteiger partial charge < -0.3 is 19.1 Å². The highest BCUT2D eigenvalue weighted by Gasteiger charge is 2.42. The molecule has 2 fully saturated rings. The van der Waals surface area contributed by atoms with Crippen molar-refractivity contribution in [2.75, 3.05) is 26.9 Å². The van der Waals surface area contributed by atoms with Crippen molar-refractivity contribution < 1.29 is 32.5 Å². The van der Waals surface area contributed by atoms with Crippen LogP contribution >= 0.6 is 0 Å². The van der Waals surface area contributed by atoms with Crippen molar-refractivity contribution in [1.82, 2.24) is 14.5 Å². The van der Waals surface area contributed by atoms with Gasteiger partial charge in [-0.05, 0) is 12.8 Å². The first-order valence-corrected chi connectivity index (χ1v) is 8.35. The van der Waals surface area contributed by atoms with Crippen LogP contribution in [0.1, 0.15) is 18.7 Å². The smallest absolute Gasteiger partial charge is 0.475 e. The predicted molar refractivity (Wildman–Crippen MR) is 85.4 cm³/mol. The monoisotopic (exact) mass is 379 g/mol. The standard InChI is InChI=1S/C14H23N3O2.C2HF3O2/c1-16-6-5-15-13(16)9-17-7-8-19-14-11(10-18-2)3-4-12(14)17;3-2(4,5)1(6)7/h5-6,11-12,14H,3-4,7-10H2,1-2H3;(H,6,7)/t11?,12-,14-;/m0./s1. The van der Waals surface area contributed by atoms with E-state index in [1.54, 1.807) is 7.11 Å². The Bertz CT molecular complexity index is 594. The zero-order valence-corrected chi connectivity index (χ0v) is 14.8. The number of carboxylic acid groups (broad SMARTS) is 1. The molecule has 1 saturated heterocycles. The van der Waals surface area contributed by atoms with Crippen molar-refractivity contribution in [1.29, 1.82) is 0 Å². The lowest BCUT2D eigenvalue weighted by Gasteiger charge is -2.39. The molecule has 10 heteroatoms. The van der Waals surface area contributed by atoms with Gasteiger partial charge in [0.2, 0.25) is 0 Å². The molecule has 1 aliphatic heterocycles. The number of alkyl halides is 3. The van der Waals surface area contributed by atoms with Crippen LogP contribution in [0.5, 0.6) is 0 Å². The van der Waals surface area contributed by atoms with Crippen LogP contribution in [0.3, 0.4) is 0 Å². The van der Waals surface area contributed by atoms with Crippen LogP contribution in [-0.2, 0) is 27.9 Å². The van der Waals surface area contributed by atoms with Crippen molar-refractivity contribution in [2.45, 2.75) is 37.7 Å². The highest BCUT2D eigenvalue weighted by atomic mass is 19.4. The minimum Gasteiger partial charge on any atom is -0.475 e. The Morgan fingerprint density at radius 3 is 2.69 bits per heavy atom. The molecule has 1 aromatic rings. The van der Waals surface area contributed by atoms with Crippen LogP contribution in [0.2, 0.25) is 0 Å². The number of aromatic nitrogens is 2. The number of hydrogen-bond acceptors (Lipinski definition) is 5. The van der Waals surface area contributed by atoms with E-state index in [0.717, 1.165) is 32.1 Å². The maximum atomic E-state index is 10.6. The second-order valence-electron chi connectivity index (χ2n) is 6.42. The van der Waals surface area contributed by atoms with Gasteiger partial charge in [-0.15, -0.1) is 0 Å². The summed E-state index contributed by atoms with van der Waals surface area (Å²) in [5, 5.41) is 7.12. The van der Waals surface area contributed by atoms with Gasteiger partial charge in [0.25, 0.3) is 0 Å². The van der Waals surface area contributed by atoms with Gasteiger partial charge in [0, 0.05) is 45.1 Å². The van der Waals surface area contributed by atoms with Crippen LogP contribution in [0, 0.1) is 5.92 Å². The molecule has 0 spiro atoms. The van der Waals surface area contributed by atoms with E-state index in [1.165, 1.54) is 12.8 Å². The lowest BCUT2D eigenvalue weighted by atomic mass is 10.0. The van der Waals surface area contributed by atoms with Gasteiger partial charge >= 0.3 is 12.1 Å². The van der Waals surface area contributed by atoms with Gasteiger partial charge in [0.05, 0.1) is 25.9 Å². The minimum atomic E-state index is -5.08. The lowest BCUT2D eigenvalue weighted by molar-refractivity contribution is -0.192. The highest BCUT2D eigenvalue weighted by Crippen LogP contribution is 2.35. The Balaban J connectivity index is 0.000000298. The van der Waals surface area contributed by atoms with E-state index in [0.29, 0.717) is 18.1 Å². The third-order valence-corrected chi connectivity index (χ3v) is 4.72. The minimum absolute atomic E-state index is 0.342. The number of morpholine rings is 1. The molecule has 0 radical (unpaired) electrons. The maximum Gasteiger partial charge on any atom is 0.490 e. The molecule has 1 N–H and O–H groups in total. The van der Waals surface area contributed by atoms with Gasteiger partial charge in [-0.1, -0.05) is 0 Å². The molecule has 3 atom stereocenters. The van der Waals surface area contributed by atoms with Gasteiger partial charge in [-0.2, -0.15) is 13.2 Å². The van der Waals surface area contributed by atoms with Gasteiger partial charge in [0.1, 0.15) is 5.82 Å². The summed E-state index contributed by atoms with van der Waals surface area (Å²) in [6.07, 6.45) is 1.56. The number of aryl methyl sites for hydroxylation is 1. The summed E-state index contributed by atoms with van der Waals surface area (Å²) in [7, 11) is 3.84. The van der Waals surface area contributed by atoms with E-state index in [4.69, 9.17) is 19.4 Å². The number of imidazole rings is 1. The molecule has 1 aliphatic carbocycles. The zero-order valence-electron chi connectivity index (χ0n) is 14.8. The van der Waals surface area contributed by atoms with Crippen LogP contribution in [0.15, 0.2) is 12.4 Å². The SMILES string of the molecule is COCC1CC[C@H]2[C@H]1OCCN2Cc1nccn1C.O=C(O)C(F)(F)F. The Labute approximate surface area is 149 Å². The Kier molecular flexibility index (Phi) is 7.01. The first-order valence-electron chi connectivity index (χ1n) is 8.35. The van der Waals surface area contributed by atoms with Crippen LogP contribution in [0.25, 0.3) is 0 Å². The zero-order chi connectivity index (χ0) is 19.3. The van der Waals surface area contributed by atoms with E-state index in [1.807, 2.05) is 12.4 Å². The fraction of sp³-hybridized carbons (Fsp3) is 0.750. The molecular weight excluding hydrogens is 355 g/mol. The third-order valence-electron chi connectivity index (χ3n) is 4.72. The van der Waals surface area contributed by atoms with E-state index in [9.17, 15) is 13.2 Å². The number of methoxy groups -OCH3 is 1. The summed E-state index contributed by atoms with van der Waals surface area (Å²) in [5.41, 5.74) is 0. The quantitative estimate of drug-likeness (QED) is 0.858. The molecule has 0 amide bonds. The van der Waals surface area contributed by atoms with Crippen molar-refractivity contribution in [3.63, 3.8) is 0 Å².